The molecule has 2 N–H and O–H groups in total. The summed E-state index contributed by atoms with van der Waals surface area (Å²) < 4.78 is 0. The minimum atomic E-state index is -0.265. The van der Waals surface area contributed by atoms with Gasteiger partial charge in [0.2, 0.25) is 0 Å². The molecule has 3 aliphatic rings. The summed E-state index contributed by atoms with van der Waals surface area (Å²) in [4.78, 5) is 30.4. The van der Waals surface area contributed by atoms with Gasteiger partial charge >= 0.3 is 6.03 Å². The fraction of sp³-hybridized carbons (Fsp3) is 0.833. The zero-order valence-electron chi connectivity index (χ0n) is 15.2. The highest BCUT2D eigenvalue weighted by Crippen LogP contribution is 2.60. The van der Waals surface area contributed by atoms with Crippen LogP contribution in [0.5, 0.6) is 0 Å². The van der Waals surface area contributed by atoms with Gasteiger partial charge in [0.15, 0.2) is 0 Å². The molecule has 0 aromatic carbocycles. The van der Waals surface area contributed by atoms with Gasteiger partial charge in [0.25, 0.3) is 5.91 Å². The summed E-state index contributed by atoms with van der Waals surface area (Å²) in [5.74, 6) is 0.0731. The van der Waals surface area contributed by atoms with E-state index in [-0.39, 0.29) is 23.6 Å². The van der Waals surface area contributed by atoms with Crippen LogP contribution >= 0.6 is 0 Å². The molecule has 0 saturated heterocycles. The standard InChI is InChI=1S/C18H30N4O2/c1-4-5-10-19-16(24)20-14-6-8-17(9-7-14)11-18(12-17)21-13(2)15(23)22(18)3/h14H,4-12H2,1-3H3,(H2,19,20,24). The molecule has 0 aromatic heterocycles. The van der Waals surface area contributed by atoms with Crippen LogP contribution < -0.4 is 10.6 Å². The number of carbonyl (C=O) groups is 2. The van der Waals surface area contributed by atoms with Gasteiger partial charge < -0.3 is 15.5 Å². The van der Waals surface area contributed by atoms with Crippen LogP contribution in [0.4, 0.5) is 4.79 Å². The summed E-state index contributed by atoms with van der Waals surface area (Å²) in [6.45, 7) is 4.68. The van der Waals surface area contributed by atoms with E-state index in [2.05, 4.69) is 22.5 Å². The van der Waals surface area contributed by atoms with E-state index in [1.807, 2.05) is 18.9 Å². The van der Waals surface area contributed by atoms with Crippen molar-refractivity contribution < 1.29 is 9.59 Å². The molecule has 1 heterocycles. The minimum absolute atomic E-state index is 0.0316. The van der Waals surface area contributed by atoms with E-state index in [1.54, 1.807) is 0 Å². The van der Waals surface area contributed by atoms with Gasteiger partial charge in [-0.3, -0.25) is 9.79 Å². The lowest BCUT2D eigenvalue weighted by Gasteiger charge is -2.58. The maximum atomic E-state index is 12.0. The largest absolute Gasteiger partial charge is 0.338 e. The Morgan fingerprint density at radius 1 is 1.33 bits per heavy atom. The molecule has 3 rings (SSSR count). The van der Waals surface area contributed by atoms with Crippen LogP contribution in [0.3, 0.4) is 0 Å². The maximum Gasteiger partial charge on any atom is 0.315 e. The number of nitrogens with zero attached hydrogens (tertiary/aromatic N) is 2. The van der Waals surface area contributed by atoms with Crippen molar-refractivity contribution in [3.05, 3.63) is 0 Å². The molecule has 1 aliphatic heterocycles. The normalized spacial score (nSPS) is 35.1. The van der Waals surface area contributed by atoms with E-state index < -0.39 is 0 Å². The molecule has 2 saturated carbocycles. The molecule has 0 bridgehead atoms. The second-order valence-electron chi connectivity index (χ2n) is 7.93. The third-order valence-corrected chi connectivity index (χ3v) is 6.13. The molecule has 3 amide bonds. The van der Waals surface area contributed by atoms with Gasteiger partial charge in [-0.05, 0) is 57.3 Å². The second-order valence-corrected chi connectivity index (χ2v) is 7.93. The molecule has 2 aliphatic carbocycles. The van der Waals surface area contributed by atoms with Crippen molar-refractivity contribution in [2.24, 2.45) is 10.4 Å². The van der Waals surface area contributed by atoms with Crippen molar-refractivity contribution in [1.82, 2.24) is 15.5 Å². The number of unbranched alkanes of at least 4 members (excludes halogenated alkanes) is 1. The SMILES string of the molecule is CCCCNC(=O)NC1CCC2(CC1)CC1(C2)N=C(C)C(=O)N1C. The lowest BCUT2D eigenvalue weighted by Crippen LogP contribution is -2.60. The fourth-order valence-corrected chi connectivity index (χ4v) is 4.68. The molecule has 24 heavy (non-hydrogen) atoms. The highest BCUT2D eigenvalue weighted by molar-refractivity contribution is 6.39. The Bertz CT molecular complexity index is 541. The summed E-state index contributed by atoms with van der Waals surface area (Å²) in [5.41, 5.74) is 0.699. The van der Waals surface area contributed by atoms with Gasteiger partial charge in [-0.25, -0.2) is 4.79 Å². The third kappa shape index (κ3) is 3.03. The van der Waals surface area contributed by atoms with E-state index in [0.717, 1.165) is 57.9 Å². The van der Waals surface area contributed by atoms with Crippen molar-refractivity contribution in [1.29, 1.82) is 0 Å². The summed E-state index contributed by atoms with van der Waals surface area (Å²) in [6.07, 6.45) is 8.36. The molecule has 6 heteroatoms. The third-order valence-electron chi connectivity index (χ3n) is 6.13. The molecule has 134 valence electrons. The van der Waals surface area contributed by atoms with Crippen molar-refractivity contribution in [3.63, 3.8) is 0 Å². The second kappa shape index (κ2) is 6.37. The van der Waals surface area contributed by atoms with Gasteiger partial charge in [0, 0.05) is 19.6 Å². The zero-order chi connectivity index (χ0) is 17.4. The quantitative estimate of drug-likeness (QED) is 0.775. The summed E-state index contributed by atoms with van der Waals surface area (Å²) in [7, 11) is 1.88. The molecule has 0 unspecified atom stereocenters. The first-order chi connectivity index (χ1) is 11.4. The average molecular weight is 334 g/mol. The Kier molecular flexibility index (Phi) is 4.58. The molecule has 0 aromatic rings. The van der Waals surface area contributed by atoms with E-state index in [4.69, 9.17) is 0 Å². The van der Waals surface area contributed by atoms with Gasteiger partial charge in [0.1, 0.15) is 5.66 Å². The average Bonchev–Trinajstić information content (AvgIpc) is 2.74. The van der Waals surface area contributed by atoms with Crippen LogP contribution in [0, 0.1) is 5.41 Å². The smallest absolute Gasteiger partial charge is 0.315 e. The van der Waals surface area contributed by atoms with Crippen LogP contribution in [0.15, 0.2) is 4.99 Å². The van der Waals surface area contributed by atoms with Crippen LogP contribution in [0.2, 0.25) is 0 Å². The predicted octanol–water partition coefficient (Wildman–Crippen LogP) is 2.44. The summed E-state index contributed by atoms with van der Waals surface area (Å²) in [5, 5.41) is 6.03. The number of rotatable bonds is 4. The lowest BCUT2D eigenvalue weighted by molar-refractivity contribution is -0.138. The highest BCUT2D eigenvalue weighted by Gasteiger charge is 2.60. The Labute approximate surface area is 144 Å². The van der Waals surface area contributed by atoms with E-state index in [0.29, 0.717) is 11.1 Å². The van der Waals surface area contributed by atoms with Crippen LogP contribution in [-0.2, 0) is 4.79 Å². The fourth-order valence-electron chi connectivity index (χ4n) is 4.68. The Hall–Kier alpha value is -1.59. The van der Waals surface area contributed by atoms with Gasteiger partial charge in [-0.2, -0.15) is 0 Å². The highest BCUT2D eigenvalue weighted by atomic mass is 16.2. The Balaban J connectivity index is 1.46. The van der Waals surface area contributed by atoms with Crippen LogP contribution in [0.25, 0.3) is 0 Å². The zero-order valence-corrected chi connectivity index (χ0v) is 15.2. The lowest BCUT2D eigenvalue weighted by atomic mass is 9.54. The van der Waals surface area contributed by atoms with Gasteiger partial charge in [-0.1, -0.05) is 13.3 Å². The van der Waals surface area contributed by atoms with Crippen LogP contribution in [-0.4, -0.2) is 47.8 Å². The van der Waals surface area contributed by atoms with Gasteiger partial charge in [0.05, 0.1) is 5.71 Å². The summed E-state index contributed by atoms with van der Waals surface area (Å²) >= 11 is 0. The predicted molar refractivity (Wildman–Crippen MR) is 94.0 cm³/mol. The monoisotopic (exact) mass is 334 g/mol. The van der Waals surface area contributed by atoms with Crippen molar-refractivity contribution in [2.45, 2.75) is 76.9 Å². The number of hydrogen-bond acceptors (Lipinski definition) is 3. The van der Waals surface area contributed by atoms with Gasteiger partial charge in [-0.15, -0.1) is 0 Å². The number of urea groups is 1. The van der Waals surface area contributed by atoms with Crippen LogP contribution in [0.1, 0.15) is 65.2 Å². The number of carbonyl (C=O) groups excluding carboxylic acids is 2. The molecule has 2 spiro atoms. The number of nitrogens with one attached hydrogen (secondary N) is 2. The first-order valence-electron chi connectivity index (χ1n) is 9.29. The summed E-state index contributed by atoms with van der Waals surface area (Å²) in [6, 6.07) is 0.248. The Morgan fingerprint density at radius 2 is 2.00 bits per heavy atom. The molecular weight excluding hydrogens is 304 g/mol. The molecule has 0 radical (unpaired) electrons. The Morgan fingerprint density at radius 3 is 2.54 bits per heavy atom. The number of hydrogen-bond donors (Lipinski definition) is 2. The van der Waals surface area contributed by atoms with Crippen molar-refractivity contribution in [2.75, 3.05) is 13.6 Å². The van der Waals surface area contributed by atoms with E-state index >= 15 is 0 Å². The first kappa shape index (κ1) is 17.2. The molecule has 0 atom stereocenters. The van der Waals surface area contributed by atoms with E-state index in [1.165, 1.54) is 0 Å². The van der Waals surface area contributed by atoms with E-state index in [9.17, 15) is 9.59 Å². The minimum Gasteiger partial charge on any atom is -0.338 e. The maximum absolute atomic E-state index is 12.0. The van der Waals surface area contributed by atoms with Crippen molar-refractivity contribution >= 4 is 17.6 Å². The number of aliphatic imine (C=N–C) groups is 1. The topological polar surface area (TPSA) is 73.8 Å². The molecular formula is C18H30N4O2. The molecule has 6 nitrogen and oxygen atoms in total. The number of amides is 3. The first-order valence-corrected chi connectivity index (χ1v) is 9.29. The van der Waals surface area contributed by atoms with Crippen molar-refractivity contribution in [3.8, 4) is 0 Å². The molecule has 2 fully saturated rings.